The number of benzene rings is 1. The molecule has 1 unspecified atom stereocenters. The van der Waals surface area contributed by atoms with Gasteiger partial charge in [0.25, 0.3) is 0 Å². The third kappa shape index (κ3) is 2.73. The van der Waals surface area contributed by atoms with Gasteiger partial charge in [0.1, 0.15) is 5.75 Å². The molecule has 18 heavy (non-hydrogen) atoms. The van der Waals surface area contributed by atoms with Gasteiger partial charge in [0.15, 0.2) is 0 Å². The van der Waals surface area contributed by atoms with Crippen LogP contribution in [0.3, 0.4) is 0 Å². The summed E-state index contributed by atoms with van der Waals surface area (Å²) in [5, 5.41) is 0. The van der Waals surface area contributed by atoms with Crippen LogP contribution in [0.5, 0.6) is 5.75 Å². The predicted octanol–water partition coefficient (Wildman–Crippen LogP) is 2.59. The second-order valence-electron chi connectivity index (χ2n) is 4.60. The number of hydrogen-bond acceptors (Lipinski definition) is 2. The molecule has 1 amide bonds. The van der Waals surface area contributed by atoms with E-state index in [4.69, 9.17) is 4.74 Å². The fourth-order valence-corrected chi connectivity index (χ4v) is 2.45. The molecule has 0 aliphatic carbocycles. The van der Waals surface area contributed by atoms with Crippen LogP contribution in [0.4, 0.5) is 0 Å². The molecule has 1 aliphatic rings. The molecule has 1 aromatic carbocycles. The zero-order valence-corrected chi connectivity index (χ0v) is 10.8. The summed E-state index contributed by atoms with van der Waals surface area (Å²) in [7, 11) is 1.67. The lowest BCUT2D eigenvalue weighted by atomic mass is 9.90. The van der Waals surface area contributed by atoms with E-state index >= 15 is 0 Å². The quantitative estimate of drug-likeness (QED) is 0.766. The fraction of sp³-hybridized carbons (Fsp3) is 0.400. The van der Waals surface area contributed by atoms with Crippen molar-refractivity contribution in [3.05, 3.63) is 42.5 Å². The Balaban J connectivity index is 2.07. The van der Waals surface area contributed by atoms with E-state index < -0.39 is 0 Å². The molecule has 2 rings (SSSR count). The van der Waals surface area contributed by atoms with E-state index in [2.05, 4.69) is 18.7 Å². The van der Waals surface area contributed by atoms with Crippen LogP contribution in [0.25, 0.3) is 0 Å². The monoisotopic (exact) mass is 245 g/mol. The van der Waals surface area contributed by atoms with E-state index in [0.29, 0.717) is 5.92 Å². The molecule has 0 radical (unpaired) electrons. The Morgan fingerprint density at radius 3 is 2.78 bits per heavy atom. The first kappa shape index (κ1) is 12.7. The molecular weight excluding hydrogens is 226 g/mol. The van der Waals surface area contributed by atoms with Crippen LogP contribution in [-0.2, 0) is 4.79 Å². The minimum absolute atomic E-state index is 0.0354. The molecule has 1 fully saturated rings. The minimum atomic E-state index is 0.0354. The molecule has 0 spiro atoms. The largest absolute Gasteiger partial charge is 0.497 e. The van der Waals surface area contributed by atoms with E-state index in [-0.39, 0.29) is 5.91 Å². The summed E-state index contributed by atoms with van der Waals surface area (Å²) >= 11 is 0. The molecule has 0 bridgehead atoms. The van der Waals surface area contributed by atoms with Crippen LogP contribution in [0, 0.1) is 0 Å². The maximum absolute atomic E-state index is 11.6. The predicted molar refractivity (Wildman–Crippen MR) is 71.7 cm³/mol. The molecule has 1 aliphatic heterocycles. The number of carbonyl (C=O) groups is 1. The molecule has 1 saturated heterocycles. The van der Waals surface area contributed by atoms with Crippen molar-refractivity contribution in [1.29, 1.82) is 0 Å². The van der Waals surface area contributed by atoms with Gasteiger partial charge in [-0.25, -0.2) is 0 Å². The zero-order valence-electron chi connectivity index (χ0n) is 10.8. The van der Waals surface area contributed by atoms with Crippen molar-refractivity contribution >= 4 is 5.91 Å². The highest BCUT2D eigenvalue weighted by Crippen LogP contribution is 2.28. The number of carbonyl (C=O) groups excluding carboxylic acids is 1. The highest BCUT2D eigenvalue weighted by atomic mass is 16.5. The molecule has 3 nitrogen and oxygen atoms in total. The fourth-order valence-electron chi connectivity index (χ4n) is 2.45. The van der Waals surface area contributed by atoms with Crippen molar-refractivity contribution in [2.45, 2.75) is 18.8 Å². The second kappa shape index (κ2) is 5.71. The lowest BCUT2D eigenvalue weighted by Gasteiger charge is -2.32. The lowest BCUT2D eigenvalue weighted by molar-refractivity contribution is -0.127. The third-order valence-corrected chi connectivity index (χ3v) is 3.49. The summed E-state index contributed by atoms with van der Waals surface area (Å²) in [6.45, 7) is 5.18. The molecule has 0 N–H and O–H groups in total. The first-order valence-corrected chi connectivity index (χ1v) is 6.30. The van der Waals surface area contributed by atoms with Crippen LogP contribution >= 0.6 is 0 Å². The Hall–Kier alpha value is -1.77. The van der Waals surface area contributed by atoms with Gasteiger partial charge in [0.2, 0.25) is 5.91 Å². The van der Waals surface area contributed by atoms with E-state index in [9.17, 15) is 4.79 Å². The zero-order chi connectivity index (χ0) is 13.0. The molecule has 1 heterocycles. The highest BCUT2D eigenvalue weighted by molar-refractivity contribution is 5.87. The topological polar surface area (TPSA) is 29.5 Å². The standard InChI is InChI=1S/C15H19NO2/c1-3-15(17)16-10-4-5-13(11-16)12-6-8-14(18-2)9-7-12/h3,6-9,13H,1,4-5,10-11H2,2H3. The Labute approximate surface area is 108 Å². The maximum Gasteiger partial charge on any atom is 0.245 e. The van der Waals surface area contributed by atoms with Gasteiger partial charge in [0.05, 0.1) is 7.11 Å². The SMILES string of the molecule is C=CC(=O)N1CCCC(c2ccc(OC)cc2)C1. The van der Waals surface area contributed by atoms with Gasteiger partial charge in [-0.3, -0.25) is 4.79 Å². The highest BCUT2D eigenvalue weighted by Gasteiger charge is 2.23. The Morgan fingerprint density at radius 1 is 1.44 bits per heavy atom. The summed E-state index contributed by atoms with van der Waals surface area (Å²) in [4.78, 5) is 13.5. The van der Waals surface area contributed by atoms with Gasteiger partial charge >= 0.3 is 0 Å². The van der Waals surface area contributed by atoms with Crippen LogP contribution in [-0.4, -0.2) is 31.0 Å². The lowest BCUT2D eigenvalue weighted by Crippen LogP contribution is -2.38. The van der Waals surface area contributed by atoms with E-state index in [1.54, 1.807) is 7.11 Å². The van der Waals surface area contributed by atoms with Crippen molar-refractivity contribution in [2.24, 2.45) is 0 Å². The molecule has 1 aromatic rings. The molecular formula is C15H19NO2. The van der Waals surface area contributed by atoms with Crippen molar-refractivity contribution in [3.8, 4) is 5.75 Å². The van der Waals surface area contributed by atoms with Crippen molar-refractivity contribution in [3.63, 3.8) is 0 Å². The summed E-state index contributed by atoms with van der Waals surface area (Å²) in [6, 6.07) is 8.13. The number of piperidine rings is 1. The number of hydrogen-bond donors (Lipinski definition) is 0. The first-order chi connectivity index (χ1) is 8.74. The number of methoxy groups -OCH3 is 1. The second-order valence-corrected chi connectivity index (χ2v) is 4.60. The molecule has 0 aromatic heterocycles. The van der Waals surface area contributed by atoms with Crippen LogP contribution in [0.1, 0.15) is 24.3 Å². The summed E-state index contributed by atoms with van der Waals surface area (Å²) in [5.74, 6) is 1.33. The molecule has 3 heteroatoms. The number of amides is 1. The average molecular weight is 245 g/mol. The van der Waals surface area contributed by atoms with Crippen molar-refractivity contribution < 1.29 is 9.53 Å². The van der Waals surface area contributed by atoms with Crippen LogP contribution in [0.2, 0.25) is 0 Å². The summed E-state index contributed by atoms with van der Waals surface area (Å²) in [6.07, 6.45) is 3.58. The Kier molecular flexibility index (Phi) is 4.03. The van der Waals surface area contributed by atoms with Crippen LogP contribution in [0.15, 0.2) is 36.9 Å². The Morgan fingerprint density at radius 2 is 2.17 bits per heavy atom. The number of likely N-dealkylation sites (tertiary alicyclic amines) is 1. The van der Waals surface area contributed by atoms with Gasteiger partial charge in [-0.1, -0.05) is 18.7 Å². The number of ether oxygens (including phenoxy) is 1. The van der Waals surface area contributed by atoms with Gasteiger partial charge in [-0.05, 0) is 36.6 Å². The molecule has 96 valence electrons. The van der Waals surface area contributed by atoms with E-state index in [1.807, 2.05) is 17.0 Å². The van der Waals surface area contributed by atoms with Crippen LogP contribution < -0.4 is 4.74 Å². The third-order valence-electron chi connectivity index (χ3n) is 3.49. The normalized spacial score (nSPS) is 19.4. The van der Waals surface area contributed by atoms with Gasteiger partial charge in [-0.15, -0.1) is 0 Å². The maximum atomic E-state index is 11.6. The van der Waals surface area contributed by atoms with Gasteiger partial charge < -0.3 is 9.64 Å². The average Bonchev–Trinajstić information content (AvgIpc) is 2.46. The number of nitrogens with zero attached hydrogens (tertiary/aromatic N) is 1. The van der Waals surface area contributed by atoms with Crippen molar-refractivity contribution in [2.75, 3.05) is 20.2 Å². The smallest absolute Gasteiger partial charge is 0.245 e. The summed E-state index contributed by atoms with van der Waals surface area (Å²) < 4.78 is 5.16. The Bertz CT molecular complexity index is 425. The molecule has 0 saturated carbocycles. The van der Waals surface area contributed by atoms with E-state index in [0.717, 1.165) is 31.7 Å². The van der Waals surface area contributed by atoms with Crippen molar-refractivity contribution in [1.82, 2.24) is 4.90 Å². The van der Waals surface area contributed by atoms with Gasteiger partial charge in [0, 0.05) is 19.0 Å². The van der Waals surface area contributed by atoms with E-state index in [1.165, 1.54) is 11.6 Å². The molecule has 1 atom stereocenters. The minimum Gasteiger partial charge on any atom is -0.497 e. The summed E-state index contributed by atoms with van der Waals surface area (Å²) in [5.41, 5.74) is 1.28. The first-order valence-electron chi connectivity index (χ1n) is 6.30. The number of rotatable bonds is 3. The van der Waals surface area contributed by atoms with Gasteiger partial charge in [-0.2, -0.15) is 0 Å².